The molecule has 0 aliphatic carbocycles. The van der Waals surface area contributed by atoms with Crippen molar-refractivity contribution in [3.63, 3.8) is 0 Å². The van der Waals surface area contributed by atoms with Gasteiger partial charge in [-0.15, -0.1) is 11.3 Å². The molecule has 1 N–H and O–H groups in total. The van der Waals surface area contributed by atoms with E-state index < -0.39 is 12.0 Å². The van der Waals surface area contributed by atoms with E-state index in [9.17, 15) is 4.79 Å². The largest absolute Gasteiger partial charge is 0.480 e. The van der Waals surface area contributed by atoms with E-state index in [1.54, 1.807) is 18.3 Å². The van der Waals surface area contributed by atoms with Gasteiger partial charge in [0.05, 0.1) is 0 Å². The van der Waals surface area contributed by atoms with Gasteiger partial charge >= 0.3 is 5.97 Å². The van der Waals surface area contributed by atoms with Crippen LogP contribution in [0.5, 0.6) is 0 Å². The maximum Gasteiger partial charge on any atom is 0.320 e. The number of thiazole rings is 1. The first-order valence-electron chi connectivity index (χ1n) is 5.80. The summed E-state index contributed by atoms with van der Waals surface area (Å²) in [5.41, 5.74) is 0. The third-order valence-electron chi connectivity index (χ3n) is 3.13. The molecule has 1 atom stereocenters. The quantitative estimate of drug-likeness (QED) is 0.877. The predicted octanol–water partition coefficient (Wildman–Crippen LogP) is 1.13. The molecule has 1 aliphatic rings. The van der Waals surface area contributed by atoms with Crippen molar-refractivity contribution >= 4 is 22.4 Å². The summed E-state index contributed by atoms with van der Waals surface area (Å²) in [5, 5.41) is 12.0. The van der Waals surface area contributed by atoms with Gasteiger partial charge in [-0.2, -0.15) is 0 Å². The molecule has 0 aromatic carbocycles. The van der Waals surface area contributed by atoms with Gasteiger partial charge in [-0.3, -0.25) is 9.69 Å². The van der Waals surface area contributed by atoms with Crippen molar-refractivity contribution in [3.05, 3.63) is 11.6 Å². The van der Waals surface area contributed by atoms with Gasteiger partial charge in [-0.1, -0.05) is 0 Å². The van der Waals surface area contributed by atoms with Gasteiger partial charge in [-0.05, 0) is 13.3 Å². The first-order chi connectivity index (χ1) is 8.18. The van der Waals surface area contributed by atoms with Gasteiger partial charge in [0.15, 0.2) is 5.13 Å². The Morgan fingerprint density at radius 1 is 1.47 bits per heavy atom. The molecule has 0 spiro atoms. The molecule has 2 rings (SSSR count). The number of carbonyl (C=O) groups is 1. The third kappa shape index (κ3) is 2.95. The lowest BCUT2D eigenvalue weighted by Crippen LogP contribution is -2.41. The van der Waals surface area contributed by atoms with Gasteiger partial charge < -0.3 is 10.0 Å². The zero-order valence-corrected chi connectivity index (χ0v) is 10.7. The number of anilines is 1. The summed E-state index contributed by atoms with van der Waals surface area (Å²) in [6.45, 7) is 5.19. The second-order valence-electron chi connectivity index (χ2n) is 4.21. The van der Waals surface area contributed by atoms with E-state index in [-0.39, 0.29) is 0 Å². The smallest absolute Gasteiger partial charge is 0.320 e. The summed E-state index contributed by atoms with van der Waals surface area (Å²) in [7, 11) is 0. The lowest BCUT2D eigenvalue weighted by atomic mass is 10.2. The van der Waals surface area contributed by atoms with Crippen LogP contribution < -0.4 is 4.90 Å². The van der Waals surface area contributed by atoms with E-state index in [0.29, 0.717) is 0 Å². The Morgan fingerprint density at radius 3 is 2.94 bits per heavy atom. The van der Waals surface area contributed by atoms with Gasteiger partial charge in [0.2, 0.25) is 0 Å². The molecule has 1 aliphatic heterocycles. The number of aromatic nitrogens is 1. The lowest BCUT2D eigenvalue weighted by molar-refractivity contribution is -0.142. The van der Waals surface area contributed by atoms with Crippen molar-refractivity contribution < 1.29 is 9.90 Å². The van der Waals surface area contributed by atoms with E-state index in [4.69, 9.17) is 5.11 Å². The molecule has 5 nitrogen and oxygen atoms in total. The van der Waals surface area contributed by atoms with Crippen LogP contribution in [0.3, 0.4) is 0 Å². The molecule has 17 heavy (non-hydrogen) atoms. The van der Waals surface area contributed by atoms with E-state index in [0.717, 1.165) is 37.7 Å². The zero-order valence-electron chi connectivity index (χ0n) is 9.87. The highest BCUT2D eigenvalue weighted by molar-refractivity contribution is 7.13. The van der Waals surface area contributed by atoms with Gasteiger partial charge in [0.1, 0.15) is 6.04 Å². The predicted molar refractivity (Wildman–Crippen MR) is 67.6 cm³/mol. The minimum absolute atomic E-state index is 0.397. The van der Waals surface area contributed by atoms with Crippen LogP contribution in [-0.4, -0.2) is 53.2 Å². The Hall–Kier alpha value is -1.14. The van der Waals surface area contributed by atoms with Crippen molar-refractivity contribution in [1.82, 2.24) is 9.88 Å². The minimum Gasteiger partial charge on any atom is -0.480 e. The Bertz CT molecular complexity index is 369. The van der Waals surface area contributed by atoms with Crippen LogP contribution in [0.15, 0.2) is 11.6 Å². The fourth-order valence-electron chi connectivity index (χ4n) is 2.04. The molecule has 6 heteroatoms. The highest BCUT2D eigenvalue weighted by atomic mass is 32.1. The molecule has 0 saturated carbocycles. The SMILES string of the molecule is C[C@H](C(=O)O)N1CCCN(c2nccs2)CC1. The van der Waals surface area contributed by atoms with Crippen molar-refractivity contribution in [2.24, 2.45) is 0 Å². The van der Waals surface area contributed by atoms with E-state index >= 15 is 0 Å². The molecule has 94 valence electrons. The summed E-state index contributed by atoms with van der Waals surface area (Å²) < 4.78 is 0. The topological polar surface area (TPSA) is 56.7 Å². The minimum atomic E-state index is -0.743. The fraction of sp³-hybridized carbons (Fsp3) is 0.636. The van der Waals surface area contributed by atoms with Gasteiger partial charge in [0, 0.05) is 37.8 Å². The number of rotatable bonds is 3. The third-order valence-corrected chi connectivity index (χ3v) is 3.96. The summed E-state index contributed by atoms with van der Waals surface area (Å²) in [5.74, 6) is -0.743. The molecule has 1 fully saturated rings. The van der Waals surface area contributed by atoms with Crippen LogP contribution in [-0.2, 0) is 4.79 Å². The first-order valence-corrected chi connectivity index (χ1v) is 6.68. The molecular formula is C11H17N3O2S. The van der Waals surface area contributed by atoms with Gasteiger partial charge in [-0.25, -0.2) is 4.98 Å². The maximum absolute atomic E-state index is 11.0. The molecule has 0 bridgehead atoms. The first kappa shape index (κ1) is 12.3. The van der Waals surface area contributed by atoms with Crippen molar-refractivity contribution in [2.75, 3.05) is 31.1 Å². The van der Waals surface area contributed by atoms with Crippen LogP contribution in [0, 0.1) is 0 Å². The monoisotopic (exact) mass is 255 g/mol. The summed E-state index contributed by atoms with van der Waals surface area (Å²) in [6.07, 6.45) is 2.79. The molecule has 1 aromatic rings. The number of nitrogens with zero attached hydrogens (tertiary/aromatic N) is 3. The second kappa shape index (κ2) is 5.46. The van der Waals surface area contributed by atoms with E-state index in [2.05, 4.69) is 9.88 Å². The summed E-state index contributed by atoms with van der Waals surface area (Å²) in [6, 6.07) is -0.397. The molecule has 0 unspecified atom stereocenters. The summed E-state index contributed by atoms with van der Waals surface area (Å²) >= 11 is 1.63. The van der Waals surface area contributed by atoms with Crippen LogP contribution in [0.4, 0.5) is 5.13 Å². The highest BCUT2D eigenvalue weighted by Crippen LogP contribution is 2.19. The van der Waals surface area contributed by atoms with Crippen molar-refractivity contribution in [1.29, 1.82) is 0 Å². The van der Waals surface area contributed by atoms with Crippen LogP contribution >= 0.6 is 11.3 Å². The van der Waals surface area contributed by atoms with Gasteiger partial charge in [0.25, 0.3) is 0 Å². The molecule has 1 saturated heterocycles. The average Bonchev–Trinajstić information content (AvgIpc) is 2.73. The number of hydrogen-bond donors (Lipinski definition) is 1. The zero-order chi connectivity index (χ0) is 12.3. The van der Waals surface area contributed by atoms with E-state index in [1.165, 1.54) is 0 Å². The van der Waals surface area contributed by atoms with Crippen LogP contribution in [0.2, 0.25) is 0 Å². The number of aliphatic carboxylic acids is 1. The number of carboxylic acids is 1. The summed E-state index contributed by atoms with van der Waals surface area (Å²) in [4.78, 5) is 19.5. The number of hydrogen-bond acceptors (Lipinski definition) is 5. The number of carboxylic acid groups (broad SMARTS) is 1. The fourth-order valence-corrected chi connectivity index (χ4v) is 2.74. The Balaban J connectivity index is 1.96. The molecule has 1 aromatic heterocycles. The molecule has 0 radical (unpaired) electrons. The van der Waals surface area contributed by atoms with Crippen LogP contribution in [0.1, 0.15) is 13.3 Å². The highest BCUT2D eigenvalue weighted by Gasteiger charge is 2.23. The van der Waals surface area contributed by atoms with Crippen molar-refractivity contribution in [3.8, 4) is 0 Å². The van der Waals surface area contributed by atoms with Crippen LogP contribution in [0.25, 0.3) is 0 Å². The van der Waals surface area contributed by atoms with E-state index in [1.807, 2.05) is 16.5 Å². The average molecular weight is 255 g/mol. The second-order valence-corrected chi connectivity index (χ2v) is 5.08. The molecular weight excluding hydrogens is 238 g/mol. The Labute approximate surface area is 105 Å². The van der Waals surface area contributed by atoms with Crippen molar-refractivity contribution in [2.45, 2.75) is 19.4 Å². The molecule has 2 heterocycles. The Morgan fingerprint density at radius 2 is 2.29 bits per heavy atom. The Kier molecular flexibility index (Phi) is 3.96. The normalized spacial score (nSPS) is 19.9. The maximum atomic E-state index is 11.0. The lowest BCUT2D eigenvalue weighted by Gasteiger charge is -2.24. The molecule has 0 amide bonds. The standard InChI is InChI=1S/C11H17N3O2S/c1-9(10(15)16)13-4-2-5-14(7-6-13)11-12-3-8-17-11/h3,8-9H,2,4-7H2,1H3,(H,15,16)/t9-/m1/s1.